The Labute approximate surface area is 151 Å². The lowest BCUT2D eigenvalue weighted by Crippen LogP contribution is -2.51. The number of nitrogens with one attached hydrogen (secondary N) is 1. The highest BCUT2D eigenvalue weighted by Gasteiger charge is 2.42. The summed E-state index contributed by atoms with van der Waals surface area (Å²) in [6.45, 7) is 1.23. The van der Waals surface area contributed by atoms with Crippen molar-refractivity contribution in [2.24, 2.45) is 0 Å². The fourth-order valence-electron chi connectivity index (χ4n) is 3.20. The van der Waals surface area contributed by atoms with E-state index < -0.39 is 34.2 Å². The maximum Gasteiger partial charge on any atom is 0.331 e. The summed E-state index contributed by atoms with van der Waals surface area (Å²) in [6.07, 6.45) is 0.221. The number of carboxylic acid groups (broad SMARTS) is 1. The number of rotatable bonds is 6. The van der Waals surface area contributed by atoms with Crippen molar-refractivity contribution in [2.75, 3.05) is 32.8 Å². The molecule has 10 heteroatoms. The molecule has 2 aliphatic heterocycles. The quantitative estimate of drug-likeness (QED) is 0.689. The van der Waals surface area contributed by atoms with E-state index in [1.165, 1.54) is 9.21 Å². The van der Waals surface area contributed by atoms with Crippen LogP contribution in [0.4, 0.5) is 0 Å². The summed E-state index contributed by atoms with van der Waals surface area (Å²) in [5.41, 5.74) is 0.477. The van der Waals surface area contributed by atoms with Crippen LogP contribution in [0, 0.1) is 0 Å². The van der Waals surface area contributed by atoms with Gasteiger partial charge in [-0.05, 0) is 12.0 Å². The third-order valence-electron chi connectivity index (χ3n) is 4.50. The van der Waals surface area contributed by atoms with E-state index in [0.717, 1.165) is 0 Å². The summed E-state index contributed by atoms with van der Waals surface area (Å²) in [4.78, 5) is 25.6. The van der Waals surface area contributed by atoms with Crippen molar-refractivity contribution >= 4 is 22.1 Å². The topological polar surface area (TPSA) is 116 Å². The minimum absolute atomic E-state index is 0.168. The van der Waals surface area contributed by atoms with Crippen LogP contribution in [-0.2, 0) is 24.5 Å². The first-order chi connectivity index (χ1) is 12.4. The fourth-order valence-corrected chi connectivity index (χ4v) is 4.56. The van der Waals surface area contributed by atoms with Gasteiger partial charge in [-0.3, -0.25) is 4.79 Å². The van der Waals surface area contributed by atoms with Gasteiger partial charge in [-0.15, -0.1) is 0 Å². The number of hydrogen-bond acceptors (Lipinski definition) is 5. The molecule has 26 heavy (non-hydrogen) atoms. The van der Waals surface area contributed by atoms with Crippen LogP contribution < -0.4 is 4.72 Å². The number of carbonyl (C=O) groups excluding carboxylic acids is 1. The highest BCUT2D eigenvalue weighted by molar-refractivity contribution is 7.87. The predicted octanol–water partition coefficient (Wildman–Crippen LogP) is -0.420. The van der Waals surface area contributed by atoms with Gasteiger partial charge in [0, 0.05) is 19.6 Å². The molecule has 0 aromatic heterocycles. The average molecular weight is 383 g/mol. The third-order valence-corrected chi connectivity index (χ3v) is 6.13. The molecule has 1 aromatic carbocycles. The lowest BCUT2D eigenvalue weighted by atomic mass is 10.1. The molecule has 0 spiro atoms. The van der Waals surface area contributed by atoms with Crippen LogP contribution in [0.15, 0.2) is 30.3 Å². The molecule has 0 aliphatic carbocycles. The molecule has 2 atom stereocenters. The molecule has 2 heterocycles. The van der Waals surface area contributed by atoms with Crippen LogP contribution >= 0.6 is 0 Å². The molecule has 2 N–H and O–H groups in total. The molecule has 0 saturated carbocycles. The second-order valence-corrected chi connectivity index (χ2v) is 7.86. The second kappa shape index (κ2) is 7.70. The average Bonchev–Trinajstić information content (AvgIpc) is 2.97. The first-order valence-corrected chi connectivity index (χ1v) is 9.77. The summed E-state index contributed by atoms with van der Waals surface area (Å²) >= 11 is 0. The van der Waals surface area contributed by atoms with Crippen LogP contribution in [0.2, 0.25) is 0 Å². The number of ether oxygens (including phenoxy) is 1. The minimum Gasteiger partial charge on any atom is -0.479 e. The van der Waals surface area contributed by atoms with Crippen LogP contribution in [0.1, 0.15) is 18.0 Å². The van der Waals surface area contributed by atoms with E-state index in [9.17, 15) is 23.1 Å². The van der Waals surface area contributed by atoms with Gasteiger partial charge in [-0.1, -0.05) is 30.3 Å². The summed E-state index contributed by atoms with van der Waals surface area (Å²) in [7, 11) is -3.83. The lowest BCUT2D eigenvalue weighted by Gasteiger charge is -2.28. The van der Waals surface area contributed by atoms with Gasteiger partial charge in [0.15, 0.2) is 6.04 Å². The molecule has 2 saturated heterocycles. The number of aliphatic carboxylic acids is 1. The summed E-state index contributed by atoms with van der Waals surface area (Å²) in [6, 6.07) is 6.33. The molecule has 1 amide bonds. The Bertz CT molecular complexity index is 763. The number of hydrogen-bond donors (Lipinski definition) is 2. The number of amides is 1. The Morgan fingerprint density at radius 1 is 1.19 bits per heavy atom. The van der Waals surface area contributed by atoms with Crippen LogP contribution in [0.5, 0.6) is 0 Å². The van der Waals surface area contributed by atoms with E-state index in [2.05, 4.69) is 4.72 Å². The predicted molar refractivity (Wildman–Crippen MR) is 91.4 cm³/mol. The Morgan fingerprint density at radius 2 is 1.85 bits per heavy atom. The van der Waals surface area contributed by atoms with Crippen molar-refractivity contribution < 1.29 is 27.9 Å². The molecule has 0 radical (unpaired) electrons. The van der Waals surface area contributed by atoms with Crippen molar-refractivity contribution in [1.29, 1.82) is 0 Å². The van der Waals surface area contributed by atoms with Crippen molar-refractivity contribution in [3.05, 3.63) is 35.9 Å². The normalized spacial score (nSPS) is 23.2. The first-order valence-electron chi connectivity index (χ1n) is 8.33. The van der Waals surface area contributed by atoms with Crippen LogP contribution in [0.25, 0.3) is 0 Å². The molecular formula is C16H21N3O6S. The lowest BCUT2D eigenvalue weighted by molar-refractivity contribution is -0.149. The molecule has 1 aromatic rings. The van der Waals surface area contributed by atoms with E-state index in [-0.39, 0.29) is 26.1 Å². The molecule has 2 unspecified atom stereocenters. The highest BCUT2D eigenvalue weighted by Crippen LogP contribution is 2.27. The maximum atomic E-state index is 12.7. The van der Waals surface area contributed by atoms with Crippen LogP contribution in [0.3, 0.4) is 0 Å². The zero-order valence-corrected chi connectivity index (χ0v) is 14.9. The fraction of sp³-hybridized carbons (Fsp3) is 0.500. The Balaban J connectivity index is 1.73. The molecule has 2 fully saturated rings. The summed E-state index contributed by atoms with van der Waals surface area (Å²) < 4.78 is 33.7. The molecule has 2 aliphatic rings. The SMILES string of the molecule is O=C(O)C(c1ccccc1)N1CCC(NS(=O)(=O)N2CCOCC2)C1=O. The molecule has 142 valence electrons. The summed E-state index contributed by atoms with van der Waals surface area (Å²) in [5.74, 6) is -1.68. The number of nitrogens with zero attached hydrogens (tertiary/aromatic N) is 2. The number of morpholine rings is 1. The van der Waals surface area contributed by atoms with E-state index in [1.807, 2.05) is 0 Å². The van der Waals surface area contributed by atoms with Gasteiger partial charge in [0.25, 0.3) is 10.2 Å². The molecule has 3 rings (SSSR count). The Kier molecular flexibility index (Phi) is 5.56. The van der Waals surface area contributed by atoms with Crippen molar-refractivity contribution in [2.45, 2.75) is 18.5 Å². The van der Waals surface area contributed by atoms with Crippen molar-refractivity contribution in [3.8, 4) is 0 Å². The Morgan fingerprint density at radius 3 is 2.46 bits per heavy atom. The number of likely N-dealkylation sites (tertiary alicyclic amines) is 1. The number of carboxylic acids is 1. The summed E-state index contributed by atoms with van der Waals surface area (Å²) in [5, 5.41) is 9.57. The van der Waals surface area contributed by atoms with Gasteiger partial charge in [0.1, 0.15) is 6.04 Å². The van der Waals surface area contributed by atoms with Gasteiger partial charge in [0.2, 0.25) is 5.91 Å². The zero-order chi connectivity index (χ0) is 18.7. The Hall–Kier alpha value is -2.01. The largest absolute Gasteiger partial charge is 0.479 e. The standard InChI is InChI=1S/C16H21N3O6S/c20-15-13(17-26(23,24)18-8-10-25-11-9-18)6-7-19(15)14(16(21)22)12-4-2-1-3-5-12/h1-5,13-14,17H,6-11H2,(H,21,22). The first kappa shape index (κ1) is 18.8. The molecule has 0 bridgehead atoms. The van der Waals surface area contributed by atoms with Crippen LogP contribution in [-0.4, -0.2) is 73.5 Å². The van der Waals surface area contributed by atoms with Crippen molar-refractivity contribution in [1.82, 2.24) is 13.9 Å². The van der Waals surface area contributed by atoms with E-state index in [1.54, 1.807) is 30.3 Å². The minimum atomic E-state index is -3.83. The third kappa shape index (κ3) is 3.88. The van der Waals surface area contributed by atoms with Gasteiger partial charge < -0.3 is 14.7 Å². The molecule has 9 nitrogen and oxygen atoms in total. The smallest absolute Gasteiger partial charge is 0.331 e. The van der Waals surface area contributed by atoms with Gasteiger partial charge >= 0.3 is 5.97 Å². The van der Waals surface area contributed by atoms with Crippen molar-refractivity contribution in [3.63, 3.8) is 0 Å². The van der Waals surface area contributed by atoms with Gasteiger partial charge in [-0.25, -0.2) is 4.79 Å². The molecular weight excluding hydrogens is 362 g/mol. The number of carbonyl (C=O) groups is 2. The van der Waals surface area contributed by atoms with Gasteiger partial charge in [-0.2, -0.15) is 17.4 Å². The van der Waals surface area contributed by atoms with Gasteiger partial charge in [0.05, 0.1) is 13.2 Å². The van der Waals surface area contributed by atoms with E-state index >= 15 is 0 Å². The van der Waals surface area contributed by atoms with E-state index in [0.29, 0.717) is 18.8 Å². The second-order valence-electron chi connectivity index (χ2n) is 6.16. The number of benzene rings is 1. The zero-order valence-electron chi connectivity index (χ0n) is 14.1. The maximum absolute atomic E-state index is 12.7. The monoisotopic (exact) mass is 383 g/mol. The highest BCUT2D eigenvalue weighted by atomic mass is 32.2. The van der Waals surface area contributed by atoms with E-state index in [4.69, 9.17) is 4.74 Å².